The highest BCUT2D eigenvalue weighted by molar-refractivity contribution is 7.22. The van der Waals surface area contributed by atoms with Crippen LogP contribution in [0.25, 0.3) is 10.2 Å². The molecule has 2 fully saturated rings. The first-order chi connectivity index (χ1) is 39.5. The van der Waals surface area contributed by atoms with Gasteiger partial charge >= 0.3 is 35.8 Å². The van der Waals surface area contributed by atoms with E-state index in [-0.39, 0.29) is 35.8 Å². The van der Waals surface area contributed by atoms with E-state index in [1.807, 2.05) is 24.3 Å². The number of terminal acetylenes is 1. The Morgan fingerprint density at radius 1 is 0.605 bits per heavy atom. The lowest BCUT2D eigenvalue weighted by atomic mass is 9.87. The molecule has 426 valence electrons. The molecule has 2 aliphatic rings. The van der Waals surface area contributed by atoms with Crippen molar-refractivity contribution >= 4 is 68.7 Å². The molecule has 81 heavy (non-hydrogen) atoms. The second-order valence-corrected chi connectivity index (χ2v) is 20.6. The highest BCUT2D eigenvalue weighted by Crippen LogP contribution is 2.33. The minimum Gasteiger partial charge on any atom is -0.494 e. The molecule has 5 aromatic rings. The van der Waals surface area contributed by atoms with Gasteiger partial charge in [-0.2, -0.15) is 5.10 Å². The van der Waals surface area contributed by atoms with Crippen LogP contribution in [0, 0.1) is 24.2 Å². The number of thiazole rings is 1. The van der Waals surface area contributed by atoms with Gasteiger partial charge < -0.3 is 37.9 Å². The molecule has 0 atom stereocenters. The lowest BCUT2D eigenvalue weighted by Gasteiger charge is -2.27. The van der Waals surface area contributed by atoms with Gasteiger partial charge in [-0.05, 0) is 182 Å². The molecule has 18 heteroatoms. The maximum atomic E-state index is 14.0. The summed E-state index contributed by atoms with van der Waals surface area (Å²) in [5, 5.41) is 6.78. The second kappa shape index (κ2) is 32.1. The van der Waals surface area contributed by atoms with Gasteiger partial charge in [0.05, 0.1) is 65.8 Å². The molecule has 1 heterocycles. The van der Waals surface area contributed by atoms with Crippen molar-refractivity contribution in [3.05, 3.63) is 133 Å². The minimum atomic E-state index is -0.611. The van der Waals surface area contributed by atoms with Gasteiger partial charge in [0.1, 0.15) is 41.8 Å². The van der Waals surface area contributed by atoms with Crippen LogP contribution in [-0.4, -0.2) is 92.2 Å². The predicted molar refractivity (Wildman–Crippen MR) is 307 cm³/mol. The largest absolute Gasteiger partial charge is 0.494 e. The number of carbonyl (C=O) groups excluding carboxylic acids is 6. The highest BCUT2D eigenvalue weighted by Gasteiger charge is 2.32. The molecule has 1 aromatic heterocycles. The van der Waals surface area contributed by atoms with Gasteiger partial charge in [-0.1, -0.05) is 42.5 Å². The topological polar surface area (TPSA) is 205 Å². The number of rotatable bonds is 30. The molecule has 0 radical (unpaired) electrons. The summed E-state index contributed by atoms with van der Waals surface area (Å²) in [6, 6.07) is 26.0. The van der Waals surface area contributed by atoms with Crippen LogP contribution in [0.15, 0.2) is 121 Å². The molecule has 0 unspecified atom stereocenters. The Kier molecular flexibility index (Phi) is 23.9. The number of unbranched alkanes of at least 4 members (excludes halogenated alkanes) is 6. The van der Waals surface area contributed by atoms with Crippen LogP contribution in [0.5, 0.6) is 23.0 Å². The lowest BCUT2D eigenvalue weighted by molar-refractivity contribution is -0.141. The molecule has 0 saturated heterocycles. The van der Waals surface area contributed by atoms with Crippen LogP contribution in [0.4, 0.5) is 5.13 Å². The number of hydrogen-bond acceptors (Lipinski definition) is 18. The Morgan fingerprint density at radius 3 is 1.64 bits per heavy atom. The van der Waals surface area contributed by atoms with E-state index < -0.39 is 41.9 Å². The summed E-state index contributed by atoms with van der Waals surface area (Å²) in [5.74, 6) is 0.984. The smallest absolute Gasteiger partial charge is 0.339 e. The SMILES string of the molecule is C#CCN(/N=C/c1cc(OC(=O)C2CCC(OC(=O)c3ccc(OCCCCCCOC(=O)C=C)cc3)CC2)ccc1C(=O)OC1CCC(C(=O)Oc2ccc(OCCCCCCOC(=O)C=C)cc2)CC1)c1nc2ccccc2s1. The van der Waals surface area contributed by atoms with E-state index in [1.54, 1.807) is 65.7 Å². The number of fused-ring (bicyclic) bond motifs is 1. The van der Waals surface area contributed by atoms with Crippen LogP contribution in [0.1, 0.15) is 129 Å². The summed E-state index contributed by atoms with van der Waals surface area (Å²) >= 11 is 1.41. The number of hydrogen-bond donors (Lipinski definition) is 0. The van der Waals surface area contributed by atoms with Crippen LogP contribution < -0.4 is 24.0 Å². The van der Waals surface area contributed by atoms with Crippen molar-refractivity contribution in [2.24, 2.45) is 16.9 Å². The first-order valence-electron chi connectivity index (χ1n) is 27.6. The quantitative estimate of drug-likeness (QED) is 0.00613. The maximum absolute atomic E-state index is 14.0. The fourth-order valence-corrected chi connectivity index (χ4v) is 10.1. The summed E-state index contributed by atoms with van der Waals surface area (Å²) in [6.45, 7) is 8.63. The van der Waals surface area contributed by atoms with Crippen LogP contribution in [0.2, 0.25) is 0 Å². The van der Waals surface area contributed by atoms with Gasteiger partial charge in [-0.15, -0.1) is 6.42 Å². The average Bonchev–Trinajstić information content (AvgIpc) is 3.96. The summed E-state index contributed by atoms with van der Waals surface area (Å²) in [4.78, 5) is 81.0. The monoisotopic (exact) mass is 1120 g/mol. The van der Waals surface area contributed by atoms with E-state index >= 15 is 0 Å². The Hall–Kier alpha value is -8.30. The number of ether oxygens (including phenoxy) is 8. The number of aromatic nitrogens is 1. The zero-order valence-corrected chi connectivity index (χ0v) is 46.3. The molecule has 0 bridgehead atoms. The van der Waals surface area contributed by atoms with Gasteiger partial charge in [-0.25, -0.2) is 29.2 Å². The van der Waals surface area contributed by atoms with Gasteiger partial charge in [0.15, 0.2) is 0 Å². The first-order valence-corrected chi connectivity index (χ1v) is 28.4. The fourth-order valence-electron chi connectivity index (χ4n) is 9.16. The van der Waals surface area contributed by atoms with Crippen molar-refractivity contribution in [1.29, 1.82) is 0 Å². The molecule has 0 spiro atoms. The molecule has 17 nitrogen and oxygen atoms in total. The van der Waals surface area contributed by atoms with E-state index in [0.717, 1.165) is 73.7 Å². The molecule has 2 aliphatic carbocycles. The van der Waals surface area contributed by atoms with Gasteiger partial charge in [0.25, 0.3) is 0 Å². The zero-order valence-electron chi connectivity index (χ0n) is 45.5. The Bertz CT molecular complexity index is 2950. The van der Waals surface area contributed by atoms with Crippen molar-refractivity contribution in [1.82, 2.24) is 4.98 Å². The Morgan fingerprint density at radius 2 is 1.10 bits per heavy atom. The van der Waals surface area contributed by atoms with Gasteiger partial charge in [0.2, 0.25) is 5.13 Å². The van der Waals surface area contributed by atoms with E-state index in [2.05, 4.69) is 24.2 Å². The third kappa shape index (κ3) is 19.5. The summed E-state index contributed by atoms with van der Waals surface area (Å²) < 4.78 is 46.1. The predicted octanol–water partition coefficient (Wildman–Crippen LogP) is 11.7. The van der Waals surface area contributed by atoms with Crippen LogP contribution >= 0.6 is 11.3 Å². The minimum absolute atomic E-state index is 0.0822. The second-order valence-electron chi connectivity index (χ2n) is 19.6. The first kappa shape index (κ1) is 60.3. The molecule has 4 aromatic carbocycles. The van der Waals surface area contributed by atoms with E-state index in [4.69, 9.17) is 49.3 Å². The number of anilines is 1. The summed E-state index contributed by atoms with van der Waals surface area (Å²) in [7, 11) is 0. The Balaban J connectivity index is 0.888. The normalized spacial score (nSPS) is 16.7. The number of carbonyl (C=O) groups is 6. The van der Waals surface area contributed by atoms with E-state index in [9.17, 15) is 28.8 Å². The molecule has 0 N–H and O–H groups in total. The maximum Gasteiger partial charge on any atom is 0.339 e. The molecule has 0 amide bonds. The van der Waals surface area contributed by atoms with Crippen molar-refractivity contribution in [2.75, 3.05) is 38.0 Å². The van der Waals surface area contributed by atoms with Gasteiger partial charge in [-0.3, -0.25) is 9.59 Å². The van der Waals surface area contributed by atoms with Crippen LogP contribution in [0.3, 0.4) is 0 Å². The molecule has 2 saturated carbocycles. The zero-order chi connectivity index (χ0) is 57.2. The standard InChI is InChI=1S/C63H69N3O14S/c1-4-37-66(63-65-55-17-11-12-18-56(55)81-63)64-43-47-42-53(80-61(71)46-21-27-50(28-22-46)77-59(69)44-19-25-48(26-20-44)73-38-13-7-9-15-40-75-57(67)5-2)35-36-54(47)62(72)79-51-29-23-45(24-30-51)60(70)78-52-33-31-49(32-34-52)74-39-14-8-10-16-41-76-58(68)6-3/h1,5-6,11-12,17-20,25-26,31-36,42-43,45-46,50-51H,2-3,7-10,13-16,21-24,27-30,37-41H2/b64-43+. The molecular formula is C63H69N3O14S. The molecular weight excluding hydrogens is 1050 g/mol. The van der Waals surface area contributed by atoms with E-state index in [1.165, 1.54) is 23.6 Å². The summed E-state index contributed by atoms with van der Waals surface area (Å²) in [6.07, 6.45) is 19.2. The molecule has 0 aliphatic heterocycles. The third-order valence-electron chi connectivity index (χ3n) is 13.7. The molecule has 7 rings (SSSR count). The van der Waals surface area contributed by atoms with Crippen molar-refractivity contribution in [3.63, 3.8) is 0 Å². The Labute approximate surface area is 476 Å². The highest BCUT2D eigenvalue weighted by atomic mass is 32.1. The van der Waals surface area contributed by atoms with Crippen LogP contribution in [-0.2, 0) is 38.1 Å². The fraction of sp³-hybridized carbons (Fsp3) is 0.397. The van der Waals surface area contributed by atoms with Crippen molar-refractivity contribution < 1.29 is 66.7 Å². The van der Waals surface area contributed by atoms with Crippen molar-refractivity contribution in [3.8, 4) is 35.3 Å². The van der Waals surface area contributed by atoms with Crippen molar-refractivity contribution in [2.45, 2.75) is 115 Å². The summed E-state index contributed by atoms with van der Waals surface area (Å²) in [5.41, 5.74) is 1.67. The van der Waals surface area contributed by atoms with Gasteiger partial charge in [0, 0.05) is 17.7 Å². The number of benzene rings is 4. The number of nitrogens with zero attached hydrogens (tertiary/aromatic N) is 3. The van der Waals surface area contributed by atoms with E-state index in [0.29, 0.717) is 111 Å². The number of esters is 6. The number of para-hydroxylation sites is 1. The average molecular weight is 1120 g/mol. The number of hydrazone groups is 1. The third-order valence-corrected chi connectivity index (χ3v) is 14.7. The lowest BCUT2D eigenvalue weighted by Crippen LogP contribution is -2.30.